The number of aliphatic hydroxyl groups excluding tert-OH is 1. The summed E-state index contributed by atoms with van der Waals surface area (Å²) in [6, 6.07) is 6.44. The minimum atomic E-state index is -0.796. The molecule has 35 heavy (non-hydrogen) atoms. The van der Waals surface area contributed by atoms with Crippen LogP contribution < -0.4 is 21.5 Å². The zero-order valence-corrected chi connectivity index (χ0v) is 20.3. The molecule has 5 N–H and O–H groups in total. The number of H-pyrrole nitrogens is 1. The van der Waals surface area contributed by atoms with E-state index in [0.717, 1.165) is 5.69 Å². The standard InChI is InChI=1S/C24H31N7O4/c1-5-15(10-13(2)32)19(14(3)33)28-22(34)16-6-8-18(9-7-16)31(4)12-17-11-26-21-20(27-17)23(35)30-24(25)29-21/h6-9,11,14-15,19,33H,5,10,12H2,1-4H3,(H,28,34)(H3,25,26,29,30,35). The second-order valence-corrected chi connectivity index (χ2v) is 8.70. The number of nitrogens with zero attached hydrogens (tertiary/aromatic N) is 4. The lowest BCUT2D eigenvalue weighted by molar-refractivity contribution is -0.118. The summed E-state index contributed by atoms with van der Waals surface area (Å²) in [4.78, 5) is 53.3. The molecule has 2 heterocycles. The topological polar surface area (TPSA) is 167 Å². The first-order valence-corrected chi connectivity index (χ1v) is 11.4. The summed E-state index contributed by atoms with van der Waals surface area (Å²) in [5.74, 6) is -0.470. The number of carbonyl (C=O) groups excluding carboxylic acids is 2. The maximum absolute atomic E-state index is 12.8. The number of aliphatic hydroxyl groups is 1. The van der Waals surface area contributed by atoms with Gasteiger partial charge in [0.05, 0.1) is 30.6 Å². The third-order valence-corrected chi connectivity index (χ3v) is 5.85. The lowest BCUT2D eigenvalue weighted by Crippen LogP contribution is -2.47. The number of aromatic amines is 1. The van der Waals surface area contributed by atoms with Crippen molar-refractivity contribution >= 4 is 34.5 Å². The first kappa shape index (κ1) is 25.8. The largest absolute Gasteiger partial charge is 0.391 e. The number of aromatic nitrogens is 4. The van der Waals surface area contributed by atoms with E-state index in [1.807, 2.05) is 18.9 Å². The Balaban J connectivity index is 1.70. The number of anilines is 2. The Morgan fingerprint density at radius 1 is 1.23 bits per heavy atom. The van der Waals surface area contributed by atoms with Crippen molar-refractivity contribution in [3.05, 3.63) is 52.1 Å². The molecule has 3 aromatic rings. The van der Waals surface area contributed by atoms with Gasteiger partial charge in [0, 0.05) is 24.7 Å². The van der Waals surface area contributed by atoms with Crippen LogP contribution in [0.5, 0.6) is 0 Å². The SMILES string of the molecule is CCC(CC(C)=O)C(NC(=O)c1ccc(N(C)Cc2cnc3nc(N)[nH]c(=O)c3n2)cc1)C(C)O. The van der Waals surface area contributed by atoms with Crippen LogP contribution in [0.1, 0.15) is 49.7 Å². The monoisotopic (exact) mass is 481 g/mol. The molecule has 0 bridgehead atoms. The first-order chi connectivity index (χ1) is 16.6. The summed E-state index contributed by atoms with van der Waals surface area (Å²) < 4.78 is 0. The lowest BCUT2D eigenvalue weighted by Gasteiger charge is -2.29. The van der Waals surface area contributed by atoms with E-state index in [9.17, 15) is 19.5 Å². The van der Waals surface area contributed by atoms with Gasteiger partial charge in [0.25, 0.3) is 11.5 Å². The smallest absolute Gasteiger partial charge is 0.280 e. The maximum atomic E-state index is 12.8. The Morgan fingerprint density at radius 3 is 2.51 bits per heavy atom. The number of nitrogen functional groups attached to an aromatic ring is 1. The Bertz CT molecular complexity index is 1260. The molecule has 3 unspecified atom stereocenters. The van der Waals surface area contributed by atoms with Crippen molar-refractivity contribution in [3.63, 3.8) is 0 Å². The van der Waals surface area contributed by atoms with Gasteiger partial charge < -0.3 is 25.9 Å². The lowest BCUT2D eigenvalue weighted by atomic mass is 9.88. The van der Waals surface area contributed by atoms with Crippen molar-refractivity contribution in [1.82, 2.24) is 25.3 Å². The zero-order valence-electron chi connectivity index (χ0n) is 20.3. The second kappa shape index (κ2) is 11.0. The summed E-state index contributed by atoms with van der Waals surface area (Å²) in [5, 5.41) is 13.1. The van der Waals surface area contributed by atoms with Gasteiger partial charge in [-0.1, -0.05) is 13.3 Å². The van der Waals surface area contributed by atoms with E-state index in [1.54, 1.807) is 31.2 Å². The minimum absolute atomic E-state index is 0.0187. The number of benzene rings is 1. The number of fused-ring (bicyclic) bond motifs is 1. The Kier molecular flexibility index (Phi) is 8.13. The molecule has 11 heteroatoms. The fourth-order valence-electron chi connectivity index (χ4n) is 4.01. The van der Waals surface area contributed by atoms with Gasteiger partial charge in [-0.15, -0.1) is 0 Å². The Labute approximate surface area is 202 Å². The molecule has 3 atom stereocenters. The fourth-order valence-corrected chi connectivity index (χ4v) is 4.01. The quantitative estimate of drug-likeness (QED) is 0.335. The molecule has 0 aliphatic rings. The number of Topliss-reactive ketones (excluding diaryl/α,β-unsaturated/α-hetero) is 1. The van der Waals surface area contributed by atoms with Crippen LogP contribution >= 0.6 is 0 Å². The molecule has 0 spiro atoms. The van der Waals surface area contributed by atoms with Crippen molar-refractivity contribution in [2.24, 2.45) is 5.92 Å². The zero-order chi connectivity index (χ0) is 25.7. The van der Waals surface area contributed by atoms with Gasteiger partial charge in [0.15, 0.2) is 11.2 Å². The van der Waals surface area contributed by atoms with E-state index in [0.29, 0.717) is 30.6 Å². The number of nitrogens with two attached hydrogens (primary N) is 1. The molecule has 11 nitrogen and oxygen atoms in total. The van der Waals surface area contributed by atoms with Crippen LogP contribution in [0.25, 0.3) is 11.2 Å². The van der Waals surface area contributed by atoms with Crippen LogP contribution in [0.3, 0.4) is 0 Å². The van der Waals surface area contributed by atoms with Gasteiger partial charge in [-0.2, -0.15) is 4.98 Å². The Hall–Kier alpha value is -3.86. The number of amides is 1. The average molecular weight is 482 g/mol. The van der Waals surface area contributed by atoms with Crippen LogP contribution in [0.2, 0.25) is 0 Å². The van der Waals surface area contributed by atoms with Crippen LogP contribution in [0, 0.1) is 5.92 Å². The summed E-state index contributed by atoms with van der Waals surface area (Å²) in [5.41, 5.74) is 7.20. The van der Waals surface area contributed by atoms with Crippen molar-refractivity contribution in [2.75, 3.05) is 17.7 Å². The molecule has 0 aliphatic heterocycles. The second-order valence-electron chi connectivity index (χ2n) is 8.70. The molecule has 3 rings (SSSR count). The van der Waals surface area contributed by atoms with Gasteiger partial charge >= 0.3 is 0 Å². The molecule has 0 radical (unpaired) electrons. The number of carbonyl (C=O) groups is 2. The molecular formula is C24H31N7O4. The van der Waals surface area contributed by atoms with Crippen LogP contribution in [0.15, 0.2) is 35.3 Å². The summed E-state index contributed by atoms with van der Waals surface area (Å²) in [7, 11) is 1.85. The fraction of sp³-hybridized carbons (Fsp3) is 0.417. The van der Waals surface area contributed by atoms with Crippen molar-refractivity contribution in [2.45, 2.75) is 52.3 Å². The number of rotatable bonds is 10. The van der Waals surface area contributed by atoms with E-state index >= 15 is 0 Å². The number of nitrogens with one attached hydrogen (secondary N) is 2. The molecular weight excluding hydrogens is 450 g/mol. The number of hydrogen-bond donors (Lipinski definition) is 4. The first-order valence-electron chi connectivity index (χ1n) is 11.4. The van der Waals surface area contributed by atoms with E-state index in [-0.39, 0.29) is 34.7 Å². The highest BCUT2D eigenvalue weighted by molar-refractivity contribution is 5.94. The highest BCUT2D eigenvalue weighted by atomic mass is 16.3. The molecule has 1 amide bonds. The predicted octanol–water partition coefficient (Wildman–Crippen LogP) is 1.42. The maximum Gasteiger partial charge on any atom is 0.280 e. The van der Waals surface area contributed by atoms with Crippen molar-refractivity contribution < 1.29 is 14.7 Å². The molecule has 0 fully saturated rings. The normalized spacial score (nSPS) is 13.7. The minimum Gasteiger partial charge on any atom is -0.391 e. The van der Waals surface area contributed by atoms with Gasteiger partial charge in [-0.05, 0) is 44.0 Å². The van der Waals surface area contributed by atoms with E-state index in [2.05, 4.69) is 25.3 Å². The molecule has 0 aliphatic carbocycles. The third kappa shape index (κ3) is 6.38. The highest BCUT2D eigenvalue weighted by Crippen LogP contribution is 2.20. The highest BCUT2D eigenvalue weighted by Gasteiger charge is 2.27. The van der Waals surface area contributed by atoms with E-state index in [1.165, 1.54) is 13.1 Å². The van der Waals surface area contributed by atoms with Gasteiger partial charge in [0.2, 0.25) is 5.95 Å². The molecule has 186 valence electrons. The molecule has 2 aromatic heterocycles. The summed E-state index contributed by atoms with van der Waals surface area (Å²) >= 11 is 0. The molecule has 1 aromatic carbocycles. The summed E-state index contributed by atoms with van der Waals surface area (Å²) in [6.07, 6.45) is 1.69. The van der Waals surface area contributed by atoms with Crippen molar-refractivity contribution in [1.29, 1.82) is 0 Å². The predicted molar refractivity (Wildman–Crippen MR) is 133 cm³/mol. The summed E-state index contributed by atoms with van der Waals surface area (Å²) in [6.45, 7) is 5.42. The third-order valence-electron chi connectivity index (χ3n) is 5.85. The van der Waals surface area contributed by atoms with Gasteiger partial charge in [-0.3, -0.25) is 14.6 Å². The van der Waals surface area contributed by atoms with Gasteiger partial charge in [-0.25, -0.2) is 9.97 Å². The van der Waals surface area contributed by atoms with E-state index in [4.69, 9.17) is 5.73 Å². The Morgan fingerprint density at radius 2 is 1.91 bits per heavy atom. The van der Waals surface area contributed by atoms with Crippen LogP contribution in [0.4, 0.5) is 11.6 Å². The molecule has 0 saturated heterocycles. The van der Waals surface area contributed by atoms with E-state index < -0.39 is 17.7 Å². The van der Waals surface area contributed by atoms with Crippen molar-refractivity contribution in [3.8, 4) is 0 Å². The van der Waals surface area contributed by atoms with Gasteiger partial charge in [0.1, 0.15) is 5.78 Å². The molecule has 0 saturated carbocycles. The average Bonchev–Trinajstić information content (AvgIpc) is 2.81. The van der Waals surface area contributed by atoms with Crippen LogP contribution in [-0.4, -0.2) is 55.9 Å². The number of hydrogen-bond acceptors (Lipinski definition) is 9. The van der Waals surface area contributed by atoms with Crippen LogP contribution in [-0.2, 0) is 11.3 Å². The number of ketones is 1.